The van der Waals surface area contributed by atoms with Gasteiger partial charge < -0.3 is 20.1 Å². The Bertz CT molecular complexity index is 1400. The lowest BCUT2D eigenvalue weighted by Gasteiger charge is -2.34. The van der Waals surface area contributed by atoms with Crippen molar-refractivity contribution < 1.29 is 4.79 Å². The van der Waals surface area contributed by atoms with Crippen molar-refractivity contribution in [2.45, 2.75) is 6.92 Å². The molecule has 1 fully saturated rings. The van der Waals surface area contributed by atoms with E-state index in [2.05, 4.69) is 63.0 Å². The first-order valence-electron chi connectivity index (χ1n) is 11.7. The van der Waals surface area contributed by atoms with Crippen LogP contribution in [0.5, 0.6) is 0 Å². The molecule has 1 saturated heterocycles. The number of halogens is 1. The molecule has 0 spiro atoms. The number of nitrogens with one attached hydrogen (secondary N) is 2. The topological polar surface area (TPSA) is 64.3 Å². The Labute approximate surface area is 210 Å². The van der Waals surface area contributed by atoms with Crippen LogP contribution in [0.4, 0.5) is 11.4 Å². The summed E-state index contributed by atoms with van der Waals surface area (Å²) in [6, 6.07) is 16.5. The number of H-pyrrole nitrogens is 1. The van der Waals surface area contributed by atoms with E-state index in [0.717, 1.165) is 70.8 Å². The first-order chi connectivity index (χ1) is 16.9. The van der Waals surface area contributed by atoms with E-state index in [4.69, 9.17) is 11.6 Å². The quantitative estimate of drug-likeness (QED) is 0.354. The maximum absolute atomic E-state index is 12.0. The minimum Gasteiger partial charge on any atom is -0.369 e. The lowest BCUT2D eigenvalue weighted by atomic mass is 9.97. The molecule has 1 amide bonds. The van der Waals surface area contributed by atoms with Crippen molar-refractivity contribution in [3.8, 4) is 22.4 Å². The van der Waals surface area contributed by atoms with Crippen molar-refractivity contribution in [1.82, 2.24) is 14.9 Å². The third-order valence-electron chi connectivity index (χ3n) is 6.64. The third kappa shape index (κ3) is 4.55. The number of hydrogen-bond acceptors (Lipinski definition) is 4. The number of nitrogens with zero attached hydrogens (tertiary/aromatic N) is 3. The van der Waals surface area contributed by atoms with Gasteiger partial charge >= 0.3 is 0 Å². The SMILES string of the molecule is C=CC(=O)Nc1cc(-c2c(-c3ccc(N4CCN(C)CC4)cc3)[nH]c3nccc(Cl)c23)ccc1C. The molecule has 5 rings (SSSR count). The molecule has 178 valence electrons. The summed E-state index contributed by atoms with van der Waals surface area (Å²) in [4.78, 5) is 24.8. The zero-order valence-corrected chi connectivity index (χ0v) is 20.7. The van der Waals surface area contributed by atoms with Gasteiger partial charge in [0.2, 0.25) is 5.91 Å². The summed E-state index contributed by atoms with van der Waals surface area (Å²) in [6.07, 6.45) is 2.97. The van der Waals surface area contributed by atoms with Gasteiger partial charge in [0.05, 0.1) is 10.7 Å². The van der Waals surface area contributed by atoms with Gasteiger partial charge in [-0.3, -0.25) is 4.79 Å². The number of piperazine rings is 1. The number of fused-ring (bicyclic) bond motifs is 1. The van der Waals surface area contributed by atoms with Crippen molar-refractivity contribution in [3.05, 3.63) is 78.0 Å². The van der Waals surface area contributed by atoms with Crippen LogP contribution in [-0.2, 0) is 4.79 Å². The van der Waals surface area contributed by atoms with Crippen molar-refractivity contribution in [2.75, 3.05) is 43.4 Å². The molecule has 1 aliphatic heterocycles. The maximum Gasteiger partial charge on any atom is 0.247 e. The van der Waals surface area contributed by atoms with Crippen molar-refractivity contribution in [3.63, 3.8) is 0 Å². The second-order valence-electron chi connectivity index (χ2n) is 8.95. The van der Waals surface area contributed by atoms with Crippen LogP contribution in [0.1, 0.15) is 5.56 Å². The molecule has 0 saturated carbocycles. The second-order valence-corrected chi connectivity index (χ2v) is 9.36. The lowest BCUT2D eigenvalue weighted by Crippen LogP contribution is -2.44. The Morgan fingerprint density at radius 1 is 1.09 bits per heavy atom. The van der Waals surface area contributed by atoms with Gasteiger partial charge in [0.15, 0.2) is 0 Å². The average molecular weight is 486 g/mol. The molecule has 2 N–H and O–H groups in total. The second kappa shape index (κ2) is 9.56. The van der Waals surface area contributed by atoms with E-state index in [0.29, 0.717) is 5.02 Å². The molecule has 7 heteroatoms. The number of aromatic amines is 1. The van der Waals surface area contributed by atoms with Crippen LogP contribution < -0.4 is 10.2 Å². The fraction of sp³-hybridized carbons (Fsp3) is 0.214. The van der Waals surface area contributed by atoms with Crippen LogP contribution in [-0.4, -0.2) is 54.0 Å². The highest BCUT2D eigenvalue weighted by molar-refractivity contribution is 6.36. The Balaban J connectivity index is 1.60. The Morgan fingerprint density at radius 3 is 2.51 bits per heavy atom. The summed E-state index contributed by atoms with van der Waals surface area (Å²) >= 11 is 6.68. The minimum absolute atomic E-state index is 0.247. The van der Waals surface area contributed by atoms with Gasteiger partial charge in [-0.1, -0.05) is 42.4 Å². The summed E-state index contributed by atoms with van der Waals surface area (Å²) in [5, 5.41) is 4.39. The van der Waals surface area contributed by atoms with E-state index in [9.17, 15) is 4.79 Å². The molecular formula is C28H28ClN5O. The van der Waals surface area contributed by atoms with Gasteiger partial charge in [0, 0.05) is 54.7 Å². The molecule has 3 heterocycles. The summed E-state index contributed by atoms with van der Waals surface area (Å²) in [5.74, 6) is -0.247. The Hall–Kier alpha value is -3.61. The molecule has 35 heavy (non-hydrogen) atoms. The molecule has 0 bridgehead atoms. The van der Waals surface area contributed by atoms with Crippen molar-refractivity contribution in [2.24, 2.45) is 0 Å². The smallest absolute Gasteiger partial charge is 0.247 e. The number of pyridine rings is 1. The van der Waals surface area contributed by atoms with E-state index in [-0.39, 0.29) is 5.91 Å². The molecule has 6 nitrogen and oxygen atoms in total. The first kappa shape index (κ1) is 23.1. The van der Waals surface area contributed by atoms with E-state index in [1.54, 1.807) is 12.3 Å². The summed E-state index contributed by atoms with van der Waals surface area (Å²) in [7, 11) is 2.16. The number of likely N-dealkylation sites (N-methyl/N-ethyl adjacent to an activating group) is 1. The van der Waals surface area contributed by atoms with Crippen LogP contribution in [0, 0.1) is 6.92 Å². The van der Waals surface area contributed by atoms with Crippen LogP contribution in [0.25, 0.3) is 33.4 Å². The van der Waals surface area contributed by atoms with Crippen LogP contribution in [0.3, 0.4) is 0 Å². The molecule has 2 aromatic carbocycles. The number of hydrogen-bond donors (Lipinski definition) is 2. The lowest BCUT2D eigenvalue weighted by molar-refractivity contribution is -0.111. The van der Waals surface area contributed by atoms with Gasteiger partial charge in [-0.05, 0) is 61.0 Å². The van der Waals surface area contributed by atoms with Gasteiger partial charge in [-0.25, -0.2) is 4.98 Å². The number of aromatic nitrogens is 2. The molecule has 1 aliphatic rings. The number of benzene rings is 2. The molecule has 0 unspecified atom stereocenters. The van der Waals surface area contributed by atoms with Crippen LogP contribution >= 0.6 is 11.6 Å². The average Bonchev–Trinajstić information content (AvgIpc) is 3.27. The number of rotatable bonds is 5. The molecule has 4 aromatic rings. The first-order valence-corrected chi connectivity index (χ1v) is 12.1. The number of carbonyl (C=O) groups is 1. The summed E-state index contributed by atoms with van der Waals surface area (Å²) in [6.45, 7) is 9.70. The third-order valence-corrected chi connectivity index (χ3v) is 6.95. The summed E-state index contributed by atoms with van der Waals surface area (Å²) < 4.78 is 0. The van der Waals surface area contributed by atoms with Gasteiger partial charge in [-0.2, -0.15) is 0 Å². The van der Waals surface area contributed by atoms with Crippen molar-refractivity contribution >= 4 is 39.9 Å². The van der Waals surface area contributed by atoms with Gasteiger partial charge in [0.25, 0.3) is 0 Å². The highest BCUT2D eigenvalue weighted by Gasteiger charge is 2.20. The number of carbonyl (C=O) groups excluding carboxylic acids is 1. The van der Waals surface area contributed by atoms with E-state index < -0.39 is 0 Å². The maximum atomic E-state index is 12.0. The zero-order chi connectivity index (χ0) is 24.5. The molecule has 0 atom stereocenters. The standard InChI is InChI=1S/C28H28ClN5O/c1-4-24(35)31-23-17-20(6-5-18(23)2)25-26-22(29)11-12-30-28(26)32-27(25)19-7-9-21(10-8-19)34-15-13-33(3)14-16-34/h4-12,17H,1,13-16H2,2-3H3,(H,30,32)(H,31,35). The molecular weight excluding hydrogens is 458 g/mol. The normalized spacial score (nSPS) is 14.3. The highest BCUT2D eigenvalue weighted by Crippen LogP contribution is 2.42. The fourth-order valence-electron chi connectivity index (χ4n) is 4.58. The highest BCUT2D eigenvalue weighted by atomic mass is 35.5. The van der Waals surface area contributed by atoms with Crippen molar-refractivity contribution in [1.29, 1.82) is 0 Å². The molecule has 0 aliphatic carbocycles. The van der Waals surface area contributed by atoms with E-state index in [1.807, 2.05) is 25.1 Å². The predicted octanol–water partition coefficient (Wildman–Crippen LogP) is 5.74. The monoisotopic (exact) mass is 485 g/mol. The minimum atomic E-state index is -0.247. The number of aryl methyl sites for hydroxylation is 1. The number of amides is 1. The van der Waals surface area contributed by atoms with Gasteiger partial charge in [0.1, 0.15) is 5.65 Å². The van der Waals surface area contributed by atoms with E-state index in [1.165, 1.54) is 11.8 Å². The van der Waals surface area contributed by atoms with Gasteiger partial charge in [-0.15, -0.1) is 0 Å². The fourth-order valence-corrected chi connectivity index (χ4v) is 4.82. The van der Waals surface area contributed by atoms with Crippen LogP contribution in [0.15, 0.2) is 67.4 Å². The Kier molecular flexibility index (Phi) is 6.32. The Morgan fingerprint density at radius 2 is 1.80 bits per heavy atom. The predicted molar refractivity (Wildman–Crippen MR) is 145 cm³/mol. The molecule has 0 radical (unpaired) electrons. The largest absolute Gasteiger partial charge is 0.369 e. The van der Waals surface area contributed by atoms with Crippen LogP contribution in [0.2, 0.25) is 5.02 Å². The summed E-state index contributed by atoms with van der Waals surface area (Å²) in [5.41, 5.74) is 7.53. The van der Waals surface area contributed by atoms with E-state index >= 15 is 0 Å². The molecule has 2 aromatic heterocycles. The zero-order valence-electron chi connectivity index (χ0n) is 19.9. The number of anilines is 2.